The quantitative estimate of drug-likeness (QED) is 0.595. The molecule has 0 aliphatic carbocycles. The number of H-pyrrole nitrogens is 1. The van der Waals surface area contributed by atoms with Crippen molar-refractivity contribution in [3.05, 3.63) is 18.2 Å². The molecule has 0 aliphatic heterocycles. The first-order valence-corrected chi connectivity index (χ1v) is 7.06. The summed E-state index contributed by atoms with van der Waals surface area (Å²) in [6, 6.07) is 0. The minimum atomic E-state index is -0.883. The van der Waals surface area contributed by atoms with E-state index in [-0.39, 0.29) is 5.91 Å². The molecule has 0 saturated heterocycles. The lowest BCUT2D eigenvalue weighted by Gasteiger charge is -2.10. The molecule has 0 spiro atoms. The van der Waals surface area contributed by atoms with Gasteiger partial charge in [0.2, 0.25) is 5.91 Å². The highest BCUT2D eigenvalue weighted by Crippen LogP contribution is 2.00. The predicted octanol–water partition coefficient (Wildman–Crippen LogP) is 0.572. The van der Waals surface area contributed by atoms with Crippen LogP contribution in [-0.2, 0) is 11.2 Å². The van der Waals surface area contributed by atoms with Crippen LogP contribution in [0.3, 0.4) is 0 Å². The number of rotatable bonds is 8. The zero-order chi connectivity index (χ0) is 12.5. The van der Waals surface area contributed by atoms with Crippen molar-refractivity contribution in [2.45, 2.75) is 25.4 Å². The van der Waals surface area contributed by atoms with Crippen molar-refractivity contribution in [3.63, 3.8) is 0 Å². The maximum absolute atomic E-state index is 11.4. The summed E-state index contributed by atoms with van der Waals surface area (Å²) in [6.45, 7) is 0.565. The van der Waals surface area contributed by atoms with Crippen molar-refractivity contribution >= 4 is 17.7 Å². The predicted molar refractivity (Wildman–Crippen MR) is 68.9 cm³/mol. The fourth-order valence-electron chi connectivity index (χ4n) is 1.38. The first-order chi connectivity index (χ1) is 8.24. The van der Waals surface area contributed by atoms with E-state index in [9.17, 15) is 9.90 Å². The maximum atomic E-state index is 11.4. The lowest BCUT2D eigenvalue weighted by Crippen LogP contribution is -2.35. The van der Waals surface area contributed by atoms with Crippen molar-refractivity contribution in [1.29, 1.82) is 0 Å². The van der Waals surface area contributed by atoms with E-state index in [0.717, 1.165) is 24.4 Å². The van der Waals surface area contributed by atoms with Gasteiger partial charge in [-0.05, 0) is 24.9 Å². The van der Waals surface area contributed by atoms with E-state index < -0.39 is 6.10 Å². The fourth-order valence-corrected chi connectivity index (χ4v) is 1.84. The number of aliphatic hydroxyl groups excluding tert-OH is 1. The highest BCUT2D eigenvalue weighted by Gasteiger charge is 2.13. The topological polar surface area (TPSA) is 78.0 Å². The second kappa shape index (κ2) is 8.14. The van der Waals surface area contributed by atoms with Gasteiger partial charge in [0, 0.05) is 25.4 Å². The van der Waals surface area contributed by atoms with Crippen molar-refractivity contribution in [2.24, 2.45) is 0 Å². The minimum absolute atomic E-state index is 0.279. The minimum Gasteiger partial charge on any atom is -0.383 e. The molecule has 1 amide bonds. The van der Waals surface area contributed by atoms with Crippen LogP contribution in [-0.4, -0.2) is 45.6 Å². The monoisotopic (exact) mass is 257 g/mol. The van der Waals surface area contributed by atoms with E-state index in [1.165, 1.54) is 0 Å². The molecule has 1 unspecified atom stereocenters. The van der Waals surface area contributed by atoms with E-state index in [1.807, 2.05) is 6.26 Å². The number of hydrogen-bond acceptors (Lipinski definition) is 4. The molecule has 3 N–H and O–H groups in total. The van der Waals surface area contributed by atoms with Gasteiger partial charge in [-0.3, -0.25) is 4.79 Å². The van der Waals surface area contributed by atoms with Crippen molar-refractivity contribution in [3.8, 4) is 0 Å². The third-order valence-electron chi connectivity index (χ3n) is 2.34. The van der Waals surface area contributed by atoms with Crippen LogP contribution >= 0.6 is 11.8 Å². The van der Waals surface area contributed by atoms with Crippen LogP contribution in [0.2, 0.25) is 0 Å². The first-order valence-electron chi connectivity index (χ1n) is 5.67. The highest BCUT2D eigenvalue weighted by atomic mass is 32.2. The van der Waals surface area contributed by atoms with Gasteiger partial charge in [-0.25, -0.2) is 4.98 Å². The molecule has 0 fully saturated rings. The van der Waals surface area contributed by atoms with Gasteiger partial charge in [-0.1, -0.05) is 0 Å². The van der Waals surface area contributed by atoms with Crippen molar-refractivity contribution in [1.82, 2.24) is 15.3 Å². The molecule has 17 heavy (non-hydrogen) atoms. The first kappa shape index (κ1) is 14.1. The summed E-state index contributed by atoms with van der Waals surface area (Å²) in [6.07, 6.45) is 6.67. The zero-order valence-corrected chi connectivity index (χ0v) is 10.8. The lowest BCUT2D eigenvalue weighted by molar-refractivity contribution is -0.129. The molecule has 6 heteroatoms. The Morgan fingerprint density at radius 2 is 2.53 bits per heavy atom. The summed E-state index contributed by atoms with van der Waals surface area (Å²) in [5.74, 6) is 1.43. The van der Waals surface area contributed by atoms with Gasteiger partial charge in [0.05, 0.1) is 0 Å². The molecule has 0 radical (unpaired) electrons. The number of hydrogen-bond donors (Lipinski definition) is 3. The van der Waals surface area contributed by atoms with Gasteiger partial charge < -0.3 is 15.4 Å². The number of carbonyl (C=O) groups is 1. The zero-order valence-electron chi connectivity index (χ0n) is 9.98. The van der Waals surface area contributed by atoms with E-state index in [4.69, 9.17) is 0 Å². The summed E-state index contributed by atoms with van der Waals surface area (Å²) in [7, 11) is 0. The van der Waals surface area contributed by atoms with Crippen molar-refractivity contribution < 1.29 is 9.90 Å². The molecule has 0 bridgehead atoms. The molecule has 0 saturated carbocycles. The summed E-state index contributed by atoms with van der Waals surface area (Å²) >= 11 is 1.62. The largest absolute Gasteiger partial charge is 0.383 e. The number of thioether (sulfide) groups is 1. The molecule has 1 heterocycles. The van der Waals surface area contributed by atoms with Crippen LogP contribution in [0.15, 0.2) is 12.4 Å². The van der Waals surface area contributed by atoms with Gasteiger partial charge in [0.25, 0.3) is 0 Å². The second-order valence-electron chi connectivity index (χ2n) is 3.73. The third kappa shape index (κ3) is 5.74. The standard InChI is InChI=1S/C11H19N3O2S/c1-17-8-4-9(15)11(16)14-5-2-3-10-12-6-7-13-10/h6-7,9,15H,2-5,8H2,1H3,(H,12,13)(H,14,16). The van der Waals surface area contributed by atoms with Gasteiger partial charge in [0.1, 0.15) is 11.9 Å². The normalized spacial score (nSPS) is 12.4. The van der Waals surface area contributed by atoms with Crippen molar-refractivity contribution in [2.75, 3.05) is 18.6 Å². The number of aliphatic hydroxyl groups is 1. The summed E-state index contributed by atoms with van der Waals surface area (Å²) in [5, 5.41) is 12.2. The molecule has 1 rings (SSSR count). The van der Waals surface area contributed by atoms with E-state index in [0.29, 0.717) is 13.0 Å². The Morgan fingerprint density at radius 1 is 1.71 bits per heavy atom. The third-order valence-corrected chi connectivity index (χ3v) is 2.99. The summed E-state index contributed by atoms with van der Waals surface area (Å²) < 4.78 is 0. The number of aromatic nitrogens is 2. The number of amides is 1. The van der Waals surface area contributed by atoms with Crippen LogP contribution in [0.4, 0.5) is 0 Å². The SMILES string of the molecule is CSCCC(O)C(=O)NCCCc1ncc[nH]1. The number of imidazole rings is 1. The number of aryl methyl sites for hydroxylation is 1. The van der Waals surface area contributed by atoms with Crippen LogP contribution in [0.1, 0.15) is 18.7 Å². The number of nitrogens with one attached hydrogen (secondary N) is 2. The number of nitrogens with zero attached hydrogens (tertiary/aromatic N) is 1. The average molecular weight is 257 g/mol. The molecule has 96 valence electrons. The Kier molecular flexibility index (Phi) is 6.73. The molecule has 1 aromatic heterocycles. The Labute approximate surface area is 105 Å². The Hall–Kier alpha value is -1.01. The van der Waals surface area contributed by atoms with E-state index in [1.54, 1.807) is 24.2 Å². The van der Waals surface area contributed by atoms with Gasteiger partial charge in [-0.15, -0.1) is 0 Å². The smallest absolute Gasteiger partial charge is 0.248 e. The van der Waals surface area contributed by atoms with Crippen LogP contribution in [0.5, 0.6) is 0 Å². The van der Waals surface area contributed by atoms with Gasteiger partial charge in [0.15, 0.2) is 0 Å². The van der Waals surface area contributed by atoms with E-state index in [2.05, 4.69) is 15.3 Å². The molecule has 0 aliphatic rings. The van der Waals surface area contributed by atoms with Gasteiger partial charge in [-0.2, -0.15) is 11.8 Å². The molecule has 0 aromatic carbocycles. The van der Waals surface area contributed by atoms with E-state index >= 15 is 0 Å². The Bertz CT molecular complexity index is 317. The second-order valence-corrected chi connectivity index (χ2v) is 4.71. The summed E-state index contributed by atoms with van der Waals surface area (Å²) in [4.78, 5) is 18.5. The Balaban J connectivity index is 2.07. The van der Waals surface area contributed by atoms with Crippen LogP contribution < -0.4 is 5.32 Å². The van der Waals surface area contributed by atoms with Gasteiger partial charge >= 0.3 is 0 Å². The molecular formula is C11H19N3O2S. The molecule has 1 atom stereocenters. The molecular weight excluding hydrogens is 238 g/mol. The fraction of sp³-hybridized carbons (Fsp3) is 0.636. The molecule has 5 nitrogen and oxygen atoms in total. The summed E-state index contributed by atoms with van der Waals surface area (Å²) in [5.41, 5.74) is 0. The van der Waals surface area contributed by atoms with Crippen LogP contribution in [0.25, 0.3) is 0 Å². The highest BCUT2D eigenvalue weighted by molar-refractivity contribution is 7.98. The Morgan fingerprint density at radius 3 is 3.18 bits per heavy atom. The van der Waals surface area contributed by atoms with Crippen LogP contribution in [0, 0.1) is 0 Å². The maximum Gasteiger partial charge on any atom is 0.248 e. The number of carbonyl (C=O) groups excluding carboxylic acids is 1. The lowest BCUT2D eigenvalue weighted by atomic mass is 10.2. The number of aromatic amines is 1. The average Bonchev–Trinajstić information content (AvgIpc) is 2.84. The molecule has 1 aromatic rings.